The Labute approximate surface area is 67.2 Å². The van der Waals surface area contributed by atoms with Gasteiger partial charge in [-0.15, -0.1) is 0 Å². The molecule has 0 saturated carbocycles. The Balaban J connectivity index is -0.0000000800. The van der Waals surface area contributed by atoms with E-state index >= 15 is 0 Å². The Morgan fingerprint density at radius 3 is 1.14 bits per heavy atom. The minimum Gasteiger partial charge on any atom is -0.822 e. The zero-order valence-electron chi connectivity index (χ0n) is 3.09. The zero-order chi connectivity index (χ0) is 4.50. The van der Waals surface area contributed by atoms with Gasteiger partial charge in [-0.2, -0.15) is 7.82 Å². The van der Waals surface area contributed by atoms with Gasteiger partial charge in [0.25, 0.3) is 0 Å². The number of hydrogen-bond acceptors (Lipinski definition) is 4. The number of hydrogen-bond donors (Lipinski definition) is 0. The summed E-state index contributed by atoms with van der Waals surface area (Å²) in [4.78, 5) is 25.6. The van der Waals surface area contributed by atoms with Gasteiger partial charge in [-0.25, -0.2) is 0 Å². The average molecular weight is 183 g/mol. The van der Waals surface area contributed by atoms with E-state index in [1.54, 1.807) is 0 Å². The van der Waals surface area contributed by atoms with Gasteiger partial charge in [0, 0.05) is 0 Å². The van der Waals surface area contributed by atoms with Crippen molar-refractivity contribution in [2.24, 2.45) is 0 Å². The van der Waals surface area contributed by atoms with Crippen molar-refractivity contribution in [3.05, 3.63) is 0 Å². The van der Waals surface area contributed by atoms with E-state index in [1.165, 1.54) is 0 Å². The van der Waals surface area contributed by atoms with Crippen LogP contribution in [0.4, 0.5) is 0 Å². The topological polar surface area (TPSA) is 86.2 Å². The standard InChI is InChI=1S/Cu.Mg.H3O4P/c;;1-5(2,3)4/h;;(H3,1,2,3,4)/q+1;+2;/p-3. The molecule has 0 unspecified atom stereocenters. The van der Waals surface area contributed by atoms with Gasteiger partial charge in [0.15, 0.2) is 0 Å². The third kappa shape index (κ3) is 111. The van der Waals surface area contributed by atoms with E-state index in [-0.39, 0.29) is 40.1 Å². The third-order valence-electron chi connectivity index (χ3n) is 0. The quantitative estimate of drug-likeness (QED) is 0.292. The van der Waals surface area contributed by atoms with Gasteiger partial charge in [0.05, 0.1) is 0 Å². The Kier molecular flexibility index (Phi) is 12.5. The van der Waals surface area contributed by atoms with Crippen LogP contribution >= 0.6 is 7.82 Å². The summed E-state index contributed by atoms with van der Waals surface area (Å²) in [6.07, 6.45) is 0. The van der Waals surface area contributed by atoms with Crippen LogP contribution in [0.2, 0.25) is 0 Å². The fourth-order valence-electron chi connectivity index (χ4n) is 0. The summed E-state index contributed by atoms with van der Waals surface area (Å²) < 4.78 is 8.55. The maximum absolute atomic E-state index is 8.55. The molecule has 0 fully saturated rings. The molecule has 0 spiro atoms. The molecule has 7 heteroatoms. The van der Waals surface area contributed by atoms with Crippen molar-refractivity contribution in [2.75, 3.05) is 0 Å². The predicted octanol–water partition coefficient (Wildman–Crippen LogP) is -3.21. The summed E-state index contributed by atoms with van der Waals surface area (Å²) in [6, 6.07) is 0. The van der Waals surface area contributed by atoms with Crippen molar-refractivity contribution in [1.82, 2.24) is 0 Å². The molecule has 0 amide bonds. The number of phosphoric acid groups is 1. The minimum atomic E-state index is -5.39. The first kappa shape index (κ1) is 15.8. The van der Waals surface area contributed by atoms with E-state index in [2.05, 4.69) is 0 Å². The van der Waals surface area contributed by atoms with E-state index in [0.717, 1.165) is 0 Å². The van der Waals surface area contributed by atoms with Crippen LogP contribution in [0, 0.1) is 0 Å². The molecule has 0 aliphatic heterocycles. The first-order valence-electron chi connectivity index (χ1n) is 0.730. The molecule has 4 nitrogen and oxygen atoms in total. The smallest absolute Gasteiger partial charge is 0.822 e. The van der Waals surface area contributed by atoms with Crippen LogP contribution in [-0.2, 0) is 21.6 Å². The van der Waals surface area contributed by atoms with Crippen LogP contribution in [0.15, 0.2) is 0 Å². The Hall–Kier alpha value is 1.40. The molecule has 0 aromatic carbocycles. The van der Waals surface area contributed by atoms with Crippen molar-refractivity contribution in [1.29, 1.82) is 0 Å². The van der Waals surface area contributed by atoms with Crippen LogP contribution in [0.1, 0.15) is 0 Å². The second-order valence-electron chi connectivity index (χ2n) is 0.447. The minimum absolute atomic E-state index is 0. The van der Waals surface area contributed by atoms with E-state index in [0.29, 0.717) is 0 Å². The molecule has 0 N–H and O–H groups in total. The second-order valence-corrected chi connectivity index (χ2v) is 1.34. The summed E-state index contributed by atoms with van der Waals surface area (Å²) in [5.41, 5.74) is 0. The molecule has 7 heavy (non-hydrogen) atoms. The van der Waals surface area contributed by atoms with E-state index in [1.807, 2.05) is 0 Å². The van der Waals surface area contributed by atoms with Gasteiger partial charge in [-0.05, 0) is 0 Å². The largest absolute Gasteiger partial charge is 2.00 e. The van der Waals surface area contributed by atoms with Crippen LogP contribution in [0.5, 0.6) is 0 Å². The molecule has 0 radical (unpaired) electrons. The van der Waals surface area contributed by atoms with E-state index in [4.69, 9.17) is 19.2 Å². The molecule has 0 atom stereocenters. The van der Waals surface area contributed by atoms with Gasteiger partial charge < -0.3 is 19.2 Å². The summed E-state index contributed by atoms with van der Waals surface area (Å²) in [5.74, 6) is 0. The van der Waals surface area contributed by atoms with Crippen LogP contribution in [-0.4, -0.2) is 23.1 Å². The van der Waals surface area contributed by atoms with E-state index in [9.17, 15) is 0 Å². The molecule has 0 rings (SSSR count). The summed E-state index contributed by atoms with van der Waals surface area (Å²) in [7, 11) is -5.39. The summed E-state index contributed by atoms with van der Waals surface area (Å²) >= 11 is 0. The zero-order valence-corrected chi connectivity index (χ0v) is 6.34. The molecule has 0 saturated heterocycles. The van der Waals surface area contributed by atoms with Crippen molar-refractivity contribution < 1.29 is 36.3 Å². The molecule has 0 bridgehead atoms. The SMILES string of the molecule is O=P([O-])([O-])[O-].[Cu+].[Mg+2]. The fraction of sp³-hybridized carbons (Fsp3) is 0. The van der Waals surface area contributed by atoms with Crippen molar-refractivity contribution in [3.63, 3.8) is 0 Å². The molecule has 42 valence electrons. The van der Waals surface area contributed by atoms with Gasteiger partial charge in [0.1, 0.15) is 0 Å². The normalized spacial score (nSPS) is 8.43. The molecule has 0 heterocycles. The monoisotopic (exact) mass is 182 g/mol. The van der Waals surface area contributed by atoms with Gasteiger partial charge in [-0.1, -0.05) is 0 Å². The van der Waals surface area contributed by atoms with Gasteiger partial charge >= 0.3 is 40.1 Å². The molecule has 0 aromatic heterocycles. The molecular formula is CuMgO4P. The average Bonchev–Trinajstić information content (AvgIpc) is 0.722. The van der Waals surface area contributed by atoms with Gasteiger partial charge in [-0.3, -0.25) is 0 Å². The van der Waals surface area contributed by atoms with Crippen LogP contribution in [0.3, 0.4) is 0 Å². The van der Waals surface area contributed by atoms with Crippen LogP contribution < -0.4 is 14.7 Å². The van der Waals surface area contributed by atoms with E-state index < -0.39 is 7.82 Å². The Morgan fingerprint density at radius 1 is 1.14 bits per heavy atom. The summed E-state index contributed by atoms with van der Waals surface area (Å²) in [6.45, 7) is 0. The van der Waals surface area contributed by atoms with Crippen molar-refractivity contribution in [2.45, 2.75) is 0 Å². The molecule has 0 aliphatic rings. The third-order valence-corrected chi connectivity index (χ3v) is 0. The first-order valence-corrected chi connectivity index (χ1v) is 2.19. The number of rotatable bonds is 0. The Morgan fingerprint density at radius 2 is 1.14 bits per heavy atom. The maximum Gasteiger partial charge on any atom is 2.00 e. The first-order chi connectivity index (χ1) is 2.00. The van der Waals surface area contributed by atoms with Crippen LogP contribution in [0.25, 0.3) is 0 Å². The summed E-state index contributed by atoms with van der Waals surface area (Å²) in [5, 5.41) is 0. The van der Waals surface area contributed by atoms with Crippen molar-refractivity contribution in [3.8, 4) is 0 Å². The fourth-order valence-corrected chi connectivity index (χ4v) is 0. The Bertz CT molecular complexity index is 57.8. The van der Waals surface area contributed by atoms with Crippen molar-refractivity contribution >= 4 is 30.9 Å². The predicted molar refractivity (Wildman–Crippen MR) is 13.4 cm³/mol. The second kappa shape index (κ2) is 5.53. The van der Waals surface area contributed by atoms with Gasteiger partial charge in [0.2, 0.25) is 0 Å². The maximum atomic E-state index is 8.55. The molecular weight excluding hydrogens is 183 g/mol. The molecule has 0 aromatic rings. The molecule has 0 aliphatic carbocycles.